The van der Waals surface area contributed by atoms with Crippen LogP contribution in [0.5, 0.6) is 0 Å². The van der Waals surface area contributed by atoms with Crippen molar-refractivity contribution in [2.75, 3.05) is 19.7 Å². The van der Waals surface area contributed by atoms with Gasteiger partial charge in [-0.1, -0.05) is 18.2 Å². The molecule has 1 fully saturated rings. The summed E-state index contributed by atoms with van der Waals surface area (Å²) in [5, 5.41) is 11.9. The number of nitrogens with zero attached hydrogens (tertiary/aromatic N) is 1. The standard InChI is InChI=1S/C16H23FN2O2/c1-12(19-8-6-13(11-20)7-9-19)16(21)18-10-14-4-2-3-5-15(14)17/h2-5,12-13,20H,6-11H2,1H3,(H,18,21). The van der Waals surface area contributed by atoms with E-state index in [2.05, 4.69) is 10.2 Å². The van der Waals surface area contributed by atoms with E-state index in [1.54, 1.807) is 18.2 Å². The zero-order chi connectivity index (χ0) is 15.2. The molecule has 0 spiro atoms. The highest BCUT2D eigenvalue weighted by atomic mass is 19.1. The molecule has 1 atom stereocenters. The number of likely N-dealkylation sites (tertiary alicyclic amines) is 1. The Kier molecular flexibility index (Phi) is 5.70. The monoisotopic (exact) mass is 294 g/mol. The number of hydrogen-bond acceptors (Lipinski definition) is 3. The molecule has 21 heavy (non-hydrogen) atoms. The van der Waals surface area contributed by atoms with Crippen molar-refractivity contribution in [1.29, 1.82) is 0 Å². The van der Waals surface area contributed by atoms with Crippen LogP contribution >= 0.6 is 0 Å². The predicted octanol–water partition coefficient (Wildman–Crippen LogP) is 1.53. The summed E-state index contributed by atoms with van der Waals surface area (Å²) in [5.74, 6) is -0.0233. The van der Waals surface area contributed by atoms with Crippen molar-refractivity contribution in [3.05, 3.63) is 35.6 Å². The minimum absolute atomic E-state index is 0.0827. The molecular weight excluding hydrogens is 271 g/mol. The highest BCUT2D eigenvalue weighted by molar-refractivity contribution is 5.81. The van der Waals surface area contributed by atoms with Gasteiger partial charge in [0.2, 0.25) is 5.91 Å². The molecule has 1 aliphatic heterocycles. The number of rotatable bonds is 5. The van der Waals surface area contributed by atoms with Crippen molar-refractivity contribution >= 4 is 5.91 Å². The summed E-state index contributed by atoms with van der Waals surface area (Å²) in [4.78, 5) is 14.3. The molecular formula is C16H23FN2O2. The van der Waals surface area contributed by atoms with Gasteiger partial charge in [-0.3, -0.25) is 9.69 Å². The fourth-order valence-electron chi connectivity index (χ4n) is 2.66. The summed E-state index contributed by atoms with van der Waals surface area (Å²) < 4.78 is 13.5. The third-order valence-electron chi connectivity index (χ3n) is 4.25. The molecule has 4 nitrogen and oxygen atoms in total. The summed E-state index contributed by atoms with van der Waals surface area (Å²) in [6.45, 7) is 3.94. The molecule has 5 heteroatoms. The topological polar surface area (TPSA) is 52.6 Å². The third-order valence-corrected chi connectivity index (χ3v) is 4.25. The maximum atomic E-state index is 13.5. The highest BCUT2D eigenvalue weighted by Crippen LogP contribution is 2.18. The number of amides is 1. The van der Waals surface area contributed by atoms with Crippen LogP contribution in [0.25, 0.3) is 0 Å². The predicted molar refractivity (Wildman–Crippen MR) is 79.1 cm³/mol. The van der Waals surface area contributed by atoms with Crippen LogP contribution in [0, 0.1) is 11.7 Å². The van der Waals surface area contributed by atoms with E-state index in [9.17, 15) is 9.18 Å². The van der Waals surface area contributed by atoms with Gasteiger partial charge in [0.1, 0.15) is 5.82 Å². The number of hydrogen-bond donors (Lipinski definition) is 2. The third kappa shape index (κ3) is 4.25. The smallest absolute Gasteiger partial charge is 0.237 e. The van der Waals surface area contributed by atoms with Gasteiger partial charge in [0, 0.05) is 18.7 Å². The molecule has 2 N–H and O–H groups in total. The Labute approximate surface area is 125 Å². The van der Waals surface area contributed by atoms with E-state index in [0.717, 1.165) is 25.9 Å². The second kappa shape index (κ2) is 7.52. The van der Waals surface area contributed by atoms with Crippen LogP contribution in [-0.2, 0) is 11.3 Å². The maximum absolute atomic E-state index is 13.5. The Morgan fingerprint density at radius 3 is 2.71 bits per heavy atom. The Morgan fingerprint density at radius 2 is 2.10 bits per heavy atom. The zero-order valence-corrected chi connectivity index (χ0v) is 12.4. The van der Waals surface area contributed by atoms with Gasteiger partial charge in [0.25, 0.3) is 0 Å². The minimum atomic E-state index is -0.297. The fraction of sp³-hybridized carbons (Fsp3) is 0.562. The van der Waals surface area contributed by atoms with Gasteiger partial charge < -0.3 is 10.4 Å². The Bertz CT molecular complexity index is 473. The Balaban J connectivity index is 1.82. The molecule has 1 heterocycles. The number of carbonyl (C=O) groups is 1. The van der Waals surface area contributed by atoms with Crippen LogP contribution in [0.4, 0.5) is 4.39 Å². The number of carbonyl (C=O) groups excluding carboxylic acids is 1. The Morgan fingerprint density at radius 1 is 1.43 bits per heavy atom. The molecule has 0 aliphatic carbocycles. The van der Waals surface area contributed by atoms with Gasteiger partial charge in [-0.05, 0) is 44.8 Å². The lowest BCUT2D eigenvalue weighted by Gasteiger charge is -2.34. The second-order valence-electron chi connectivity index (χ2n) is 5.65. The maximum Gasteiger partial charge on any atom is 0.237 e. The lowest BCUT2D eigenvalue weighted by atomic mass is 9.97. The lowest BCUT2D eigenvalue weighted by molar-refractivity contribution is -0.126. The molecule has 2 rings (SSSR count). The molecule has 1 aromatic carbocycles. The van der Waals surface area contributed by atoms with Gasteiger partial charge >= 0.3 is 0 Å². The molecule has 1 unspecified atom stereocenters. The van der Waals surface area contributed by atoms with Crippen LogP contribution < -0.4 is 5.32 Å². The molecule has 0 aromatic heterocycles. The average Bonchev–Trinajstić information content (AvgIpc) is 2.53. The van der Waals surface area contributed by atoms with E-state index in [0.29, 0.717) is 11.5 Å². The van der Waals surface area contributed by atoms with Crippen LogP contribution in [0.1, 0.15) is 25.3 Å². The summed E-state index contributed by atoms with van der Waals surface area (Å²) >= 11 is 0. The van der Waals surface area contributed by atoms with Crippen molar-refractivity contribution in [2.45, 2.75) is 32.4 Å². The lowest BCUT2D eigenvalue weighted by Crippen LogP contribution is -2.48. The molecule has 1 aromatic rings. The zero-order valence-electron chi connectivity index (χ0n) is 12.4. The quantitative estimate of drug-likeness (QED) is 0.866. The number of piperidine rings is 1. The number of aliphatic hydroxyl groups is 1. The van der Waals surface area contributed by atoms with Crippen molar-refractivity contribution in [1.82, 2.24) is 10.2 Å². The van der Waals surface area contributed by atoms with E-state index >= 15 is 0 Å². The SMILES string of the molecule is CC(C(=O)NCc1ccccc1F)N1CCC(CO)CC1. The minimum Gasteiger partial charge on any atom is -0.396 e. The number of benzene rings is 1. The van der Waals surface area contributed by atoms with Crippen LogP contribution in [0.2, 0.25) is 0 Å². The molecule has 116 valence electrons. The van der Waals surface area contributed by atoms with Crippen molar-refractivity contribution < 1.29 is 14.3 Å². The van der Waals surface area contributed by atoms with E-state index in [1.807, 2.05) is 6.92 Å². The number of aliphatic hydroxyl groups excluding tert-OH is 1. The number of halogens is 1. The first-order valence-electron chi connectivity index (χ1n) is 7.48. The first-order chi connectivity index (χ1) is 10.1. The van der Waals surface area contributed by atoms with Crippen LogP contribution in [0.15, 0.2) is 24.3 Å². The molecule has 1 amide bonds. The summed E-state index contributed by atoms with van der Waals surface area (Å²) in [7, 11) is 0. The highest BCUT2D eigenvalue weighted by Gasteiger charge is 2.26. The van der Waals surface area contributed by atoms with E-state index in [4.69, 9.17) is 5.11 Å². The van der Waals surface area contributed by atoms with Gasteiger partial charge in [-0.15, -0.1) is 0 Å². The molecule has 0 saturated carbocycles. The first kappa shape index (κ1) is 15.9. The van der Waals surface area contributed by atoms with Crippen LogP contribution in [-0.4, -0.2) is 41.7 Å². The molecule has 1 aliphatic rings. The van der Waals surface area contributed by atoms with Crippen molar-refractivity contribution in [3.63, 3.8) is 0 Å². The van der Waals surface area contributed by atoms with Gasteiger partial charge in [-0.2, -0.15) is 0 Å². The average molecular weight is 294 g/mol. The molecule has 0 radical (unpaired) electrons. The van der Waals surface area contributed by atoms with Gasteiger partial charge in [0.05, 0.1) is 6.04 Å². The second-order valence-corrected chi connectivity index (χ2v) is 5.65. The first-order valence-corrected chi connectivity index (χ1v) is 7.48. The van der Waals surface area contributed by atoms with Crippen LogP contribution in [0.3, 0.4) is 0 Å². The van der Waals surface area contributed by atoms with Gasteiger partial charge in [0.15, 0.2) is 0 Å². The molecule has 0 bridgehead atoms. The van der Waals surface area contributed by atoms with Gasteiger partial charge in [-0.25, -0.2) is 4.39 Å². The van der Waals surface area contributed by atoms with E-state index in [-0.39, 0.29) is 30.9 Å². The normalized spacial score (nSPS) is 18.4. The number of nitrogens with one attached hydrogen (secondary N) is 1. The van der Waals surface area contributed by atoms with Crippen molar-refractivity contribution in [3.8, 4) is 0 Å². The molecule has 1 saturated heterocycles. The van der Waals surface area contributed by atoms with Crippen molar-refractivity contribution in [2.24, 2.45) is 5.92 Å². The summed E-state index contributed by atoms with van der Waals surface area (Å²) in [5.41, 5.74) is 0.497. The van der Waals surface area contributed by atoms with E-state index < -0.39 is 0 Å². The van der Waals surface area contributed by atoms with E-state index in [1.165, 1.54) is 6.07 Å². The Hall–Kier alpha value is -1.46. The summed E-state index contributed by atoms with van der Waals surface area (Å²) in [6, 6.07) is 6.23. The summed E-state index contributed by atoms with van der Waals surface area (Å²) in [6.07, 6.45) is 1.84. The largest absolute Gasteiger partial charge is 0.396 e. The fourth-order valence-corrected chi connectivity index (χ4v) is 2.66.